The van der Waals surface area contributed by atoms with Crippen molar-refractivity contribution in [2.24, 2.45) is 10.9 Å². The van der Waals surface area contributed by atoms with Crippen LogP contribution in [0.4, 0.5) is 5.69 Å². The summed E-state index contributed by atoms with van der Waals surface area (Å²) in [5.41, 5.74) is 1.99. The van der Waals surface area contributed by atoms with E-state index in [1.54, 1.807) is 7.05 Å². The molecule has 3 N–H and O–H groups in total. The van der Waals surface area contributed by atoms with Crippen molar-refractivity contribution >= 4 is 47.4 Å². The second kappa shape index (κ2) is 13.4. The van der Waals surface area contributed by atoms with Gasteiger partial charge in [-0.1, -0.05) is 19.1 Å². The summed E-state index contributed by atoms with van der Waals surface area (Å²) >= 11 is 0. The van der Waals surface area contributed by atoms with Crippen LogP contribution in [0.3, 0.4) is 0 Å². The standard InChI is InChI=1S/C21H33N5O2.HI/c1-4-16-7-6-8-18(13-16)25-20(28)15-24-21(23-5-2)26-11-9-17(10-12-26)14-19(27)22-3;/h6-8,13,17H,4-5,9-12,14-15H2,1-3H3,(H,22,27)(H,23,24)(H,25,28);1H. The first kappa shape index (κ1) is 25.2. The van der Waals surface area contributed by atoms with Gasteiger partial charge in [0.2, 0.25) is 11.8 Å². The number of benzene rings is 1. The summed E-state index contributed by atoms with van der Waals surface area (Å²) in [5, 5.41) is 8.88. The fraction of sp³-hybridized carbons (Fsp3) is 0.571. The third kappa shape index (κ3) is 8.59. The summed E-state index contributed by atoms with van der Waals surface area (Å²) in [4.78, 5) is 30.6. The SMILES string of the molecule is CCNC(=NCC(=O)Nc1cccc(CC)c1)N1CCC(CC(=O)NC)CC1.I. The number of nitrogens with one attached hydrogen (secondary N) is 3. The van der Waals surface area contributed by atoms with Crippen molar-refractivity contribution in [3.8, 4) is 0 Å². The Hall–Kier alpha value is -1.84. The Labute approximate surface area is 191 Å². The van der Waals surface area contributed by atoms with Crippen LogP contribution in [0.2, 0.25) is 0 Å². The van der Waals surface area contributed by atoms with Gasteiger partial charge in [0, 0.05) is 38.8 Å². The lowest BCUT2D eigenvalue weighted by Crippen LogP contribution is -2.46. The van der Waals surface area contributed by atoms with E-state index in [1.165, 1.54) is 5.56 Å². The molecule has 0 spiro atoms. The third-order valence-corrected chi connectivity index (χ3v) is 4.99. The number of piperidine rings is 1. The first-order chi connectivity index (χ1) is 13.5. The number of hydrogen-bond donors (Lipinski definition) is 3. The molecule has 1 heterocycles. The Kier molecular flexibility index (Phi) is 11.6. The predicted molar refractivity (Wildman–Crippen MR) is 129 cm³/mol. The van der Waals surface area contributed by atoms with Crippen molar-refractivity contribution in [3.05, 3.63) is 29.8 Å². The van der Waals surface area contributed by atoms with Gasteiger partial charge in [-0.3, -0.25) is 9.59 Å². The second-order valence-corrected chi connectivity index (χ2v) is 7.08. The maximum absolute atomic E-state index is 12.3. The van der Waals surface area contributed by atoms with Gasteiger partial charge >= 0.3 is 0 Å². The number of halogens is 1. The van der Waals surface area contributed by atoms with Gasteiger partial charge in [0.1, 0.15) is 6.54 Å². The highest BCUT2D eigenvalue weighted by Crippen LogP contribution is 2.20. The maximum Gasteiger partial charge on any atom is 0.246 e. The molecule has 8 heteroatoms. The van der Waals surface area contributed by atoms with Crippen LogP contribution in [0.5, 0.6) is 0 Å². The Morgan fingerprint density at radius 2 is 1.90 bits per heavy atom. The van der Waals surface area contributed by atoms with E-state index < -0.39 is 0 Å². The van der Waals surface area contributed by atoms with Crippen molar-refractivity contribution in [3.63, 3.8) is 0 Å². The first-order valence-corrected chi connectivity index (χ1v) is 10.2. The third-order valence-electron chi connectivity index (χ3n) is 4.99. The van der Waals surface area contributed by atoms with E-state index in [4.69, 9.17) is 0 Å². The molecule has 162 valence electrons. The lowest BCUT2D eigenvalue weighted by molar-refractivity contribution is -0.121. The molecule has 1 aromatic rings. The van der Waals surface area contributed by atoms with Crippen LogP contribution in [0.1, 0.15) is 38.7 Å². The average molecular weight is 515 g/mol. The fourth-order valence-corrected chi connectivity index (χ4v) is 3.36. The van der Waals surface area contributed by atoms with E-state index in [2.05, 4.69) is 32.8 Å². The summed E-state index contributed by atoms with van der Waals surface area (Å²) in [5.74, 6) is 1.15. The molecule has 0 radical (unpaired) electrons. The molecule has 1 fully saturated rings. The Morgan fingerprint density at radius 1 is 1.17 bits per heavy atom. The fourth-order valence-electron chi connectivity index (χ4n) is 3.36. The minimum atomic E-state index is -0.127. The summed E-state index contributed by atoms with van der Waals surface area (Å²) in [7, 11) is 1.68. The molecule has 2 amide bonds. The van der Waals surface area contributed by atoms with E-state index in [1.807, 2.05) is 31.2 Å². The van der Waals surface area contributed by atoms with Crippen molar-refractivity contribution in [1.29, 1.82) is 0 Å². The molecule has 0 atom stereocenters. The van der Waals surface area contributed by atoms with Gasteiger partial charge in [-0.15, -0.1) is 24.0 Å². The lowest BCUT2D eigenvalue weighted by atomic mass is 9.93. The summed E-state index contributed by atoms with van der Waals surface area (Å²) in [6.07, 6.45) is 3.42. The summed E-state index contributed by atoms with van der Waals surface area (Å²) in [6.45, 7) is 6.62. The number of nitrogens with zero attached hydrogens (tertiary/aromatic N) is 2. The monoisotopic (exact) mass is 515 g/mol. The van der Waals surface area contributed by atoms with Gasteiger partial charge in [0.25, 0.3) is 0 Å². The number of likely N-dealkylation sites (tertiary alicyclic amines) is 1. The molecule has 1 aromatic carbocycles. The van der Waals surface area contributed by atoms with Crippen LogP contribution in [-0.4, -0.2) is 55.9 Å². The van der Waals surface area contributed by atoms with Crippen molar-refractivity contribution in [1.82, 2.24) is 15.5 Å². The number of carbonyl (C=O) groups is 2. The average Bonchev–Trinajstić information content (AvgIpc) is 2.71. The molecule has 7 nitrogen and oxygen atoms in total. The number of hydrogen-bond acceptors (Lipinski definition) is 3. The number of rotatable bonds is 7. The highest BCUT2D eigenvalue weighted by Gasteiger charge is 2.23. The topological polar surface area (TPSA) is 85.8 Å². The highest BCUT2D eigenvalue weighted by atomic mass is 127. The molecule has 0 bridgehead atoms. The van der Waals surface area contributed by atoms with Crippen LogP contribution in [-0.2, 0) is 16.0 Å². The lowest BCUT2D eigenvalue weighted by Gasteiger charge is -2.34. The molecular weight excluding hydrogens is 481 g/mol. The van der Waals surface area contributed by atoms with Crippen LogP contribution in [0.15, 0.2) is 29.3 Å². The number of amides is 2. The van der Waals surface area contributed by atoms with Gasteiger partial charge in [-0.2, -0.15) is 0 Å². The Morgan fingerprint density at radius 3 is 2.52 bits per heavy atom. The molecule has 1 aliphatic rings. The van der Waals surface area contributed by atoms with Crippen LogP contribution in [0.25, 0.3) is 0 Å². The molecule has 2 rings (SSSR count). The van der Waals surface area contributed by atoms with Gasteiger partial charge < -0.3 is 20.9 Å². The Balaban J connectivity index is 0.00000420. The molecule has 29 heavy (non-hydrogen) atoms. The highest BCUT2D eigenvalue weighted by molar-refractivity contribution is 14.0. The normalized spacial score (nSPS) is 14.7. The molecule has 0 saturated carbocycles. The maximum atomic E-state index is 12.3. The van der Waals surface area contributed by atoms with Gasteiger partial charge in [-0.25, -0.2) is 4.99 Å². The second-order valence-electron chi connectivity index (χ2n) is 7.08. The quantitative estimate of drug-likeness (QED) is 0.296. The van der Waals surface area contributed by atoms with Crippen molar-refractivity contribution < 1.29 is 9.59 Å². The van der Waals surface area contributed by atoms with E-state index >= 15 is 0 Å². The van der Waals surface area contributed by atoms with E-state index in [9.17, 15) is 9.59 Å². The molecule has 0 aromatic heterocycles. The predicted octanol–water partition coefficient (Wildman–Crippen LogP) is 2.62. The zero-order valence-corrected chi connectivity index (χ0v) is 20.0. The molecular formula is C21H34IN5O2. The van der Waals surface area contributed by atoms with E-state index in [-0.39, 0.29) is 42.3 Å². The number of aryl methyl sites for hydroxylation is 1. The molecule has 1 aliphatic heterocycles. The number of anilines is 1. The first-order valence-electron chi connectivity index (χ1n) is 10.2. The minimum absolute atomic E-state index is 0. The number of guanidine groups is 1. The van der Waals surface area contributed by atoms with Gasteiger partial charge in [-0.05, 0) is 49.8 Å². The summed E-state index contributed by atoms with van der Waals surface area (Å²) in [6, 6.07) is 7.88. The van der Waals surface area contributed by atoms with Crippen LogP contribution in [0, 0.1) is 5.92 Å². The van der Waals surface area contributed by atoms with Gasteiger partial charge in [0.05, 0.1) is 0 Å². The zero-order valence-electron chi connectivity index (χ0n) is 17.7. The zero-order chi connectivity index (χ0) is 20.4. The minimum Gasteiger partial charge on any atom is -0.359 e. The molecule has 0 unspecified atom stereocenters. The molecule has 1 saturated heterocycles. The Bertz CT molecular complexity index is 687. The van der Waals surface area contributed by atoms with E-state index in [0.29, 0.717) is 12.3 Å². The van der Waals surface area contributed by atoms with Crippen LogP contribution >= 0.6 is 24.0 Å². The van der Waals surface area contributed by atoms with Crippen molar-refractivity contribution in [2.75, 3.05) is 38.5 Å². The van der Waals surface area contributed by atoms with Gasteiger partial charge in [0.15, 0.2) is 5.96 Å². The smallest absolute Gasteiger partial charge is 0.246 e. The van der Waals surface area contributed by atoms with Crippen LogP contribution < -0.4 is 16.0 Å². The summed E-state index contributed by atoms with van der Waals surface area (Å²) < 4.78 is 0. The number of aliphatic imine (C=N–C) groups is 1. The van der Waals surface area contributed by atoms with Crippen molar-refractivity contribution in [2.45, 2.75) is 39.5 Å². The largest absolute Gasteiger partial charge is 0.359 e. The number of carbonyl (C=O) groups excluding carboxylic acids is 2. The molecule has 0 aliphatic carbocycles. The van der Waals surface area contributed by atoms with E-state index in [0.717, 1.165) is 50.5 Å².